The van der Waals surface area contributed by atoms with Gasteiger partial charge in [-0.1, -0.05) is 53.5 Å². The molecule has 36 heavy (non-hydrogen) atoms. The largest absolute Gasteiger partial charge is 0.497 e. The number of carboxylic acid groups (broad SMARTS) is 1. The Labute approximate surface area is 218 Å². The Kier molecular flexibility index (Phi) is 6.44. The fourth-order valence-electron chi connectivity index (χ4n) is 4.30. The van der Waals surface area contributed by atoms with E-state index in [0.29, 0.717) is 10.0 Å². The van der Waals surface area contributed by atoms with Crippen LogP contribution in [0.5, 0.6) is 5.75 Å². The highest BCUT2D eigenvalue weighted by molar-refractivity contribution is 6.35. The van der Waals surface area contributed by atoms with Crippen molar-refractivity contribution in [3.63, 3.8) is 0 Å². The molecule has 5 nitrogen and oxygen atoms in total. The number of aromatic carboxylic acids is 1. The van der Waals surface area contributed by atoms with Crippen molar-refractivity contribution < 1.29 is 14.6 Å². The van der Waals surface area contributed by atoms with Crippen molar-refractivity contribution in [2.45, 2.75) is 13.0 Å². The molecule has 0 spiro atoms. The van der Waals surface area contributed by atoms with Crippen LogP contribution in [0.1, 0.15) is 28.9 Å². The highest BCUT2D eigenvalue weighted by Gasteiger charge is 2.19. The molecule has 5 rings (SSSR count). The first-order valence-electron chi connectivity index (χ1n) is 11.3. The minimum atomic E-state index is -0.957. The second-order valence-corrected chi connectivity index (χ2v) is 9.42. The molecule has 0 amide bonds. The Bertz CT molecular complexity index is 1570. The maximum atomic E-state index is 11.3. The van der Waals surface area contributed by atoms with Crippen LogP contribution in [0.2, 0.25) is 10.0 Å². The zero-order valence-electron chi connectivity index (χ0n) is 19.6. The smallest absolute Gasteiger partial charge is 0.335 e. The summed E-state index contributed by atoms with van der Waals surface area (Å²) in [5.41, 5.74) is 4.63. The summed E-state index contributed by atoms with van der Waals surface area (Å²) in [4.78, 5) is 11.3. The molecule has 0 aliphatic carbocycles. The van der Waals surface area contributed by atoms with Crippen LogP contribution in [0.25, 0.3) is 33.3 Å². The van der Waals surface area contributed by atoms with Crippen LogP contribution in [0.3, 0.4) is 0 Å². The molecule has 7 heteroatoms. The maximum absolute atomic E-state index is 11.3. The molecule has 0 fully saturated rings. The number of ether oxygens (including phenoxy) is 1. The van der Waals surface area contributed by atoms with Gasteiger partial charge in [0.15, 0.2) is 0 Å². The first-order chi connectivity index (χ1) is 17.3. The van der Waals surface area contributed by atoms with Crippen molar-refractivity contribution >= 4 is 39.9 Å². The third kappa shape index (κ3) is 4.68. The van der Waals surface area contributed by atoms with E-state index in [0.717, 1.165) is 44.6 Å². The average molecular weight is 517 g/mol. The molecule has 0 bridgehead atoms. The molecule has 1 N–H and O–H groups in total. The van der Waals surface area contributed by atoms with Crippen LogP contribution < -0.4 is 4.74 Å². The molecule has 1 atom stereocenters. The molecule has 0 saturated carbocycles. The third-order valence-corrected chi connectivity index (χ3v) is 6.68. The van der Waals surface area contributed by atoms with Gasteiger partial charge in [-0.05, 0) is 77.9 Å². The number of benzene rings is 4. The SMILES string of the molecule is COc1ccc2cc(-c3cc(-c4cc(Cl)cc(Cl)c4)nn3C(C)c3ccc(C(=O)O)cc3)ccc2c1. The van der Waals surface area contributed by atoms with Crippen LogP contribution >= 0.6 is 23.2 Å². The summed E-state index contributed by atoms with van der Waals surface area (Å²) in [6.45, 7) is 2.03. The van der Waals surface area contributed by atoms with Crippen LogP contribution in [0.15, 0.2) is 84.9 Å². The van der Waals surface area contributed by atoms with Crippen LogP contribution in [0, 0.1) is 0 Å². The van der Waals surface area contributed by atoms with Gasteiger partial charge >= 0.3 is 5.97 Å². The molecule has 1 heterocycles. The Morgan fingerprint density at radius 1 is 0.861 bits per heavy atom. The summed E-state index contributed by atoms with van der Waals surface area (Å²) in [5, 5.41) is 17.4. The van der Waals surface area contributed by atoms with Gasteiger partial charge in [-0.2, -0.15) is 5.10 Å². The molecule has 4 aromatic carbocycles. The van der Waals surface area contributed by atoms with Gasteiger partial charge in [0.2, 0.25) is 0 Å². The first kappa shape index (κ1) is 23.9. The van der Waals surface area contributed by atoms with Gasteiger partial charge in [-0.25, -0.2) is 4.79 Å². The zero-order chi connectivity index (χ0) is 25.4. The van der Waals surface area contributed by atoms with Crippen LogP contribution in [-0.2, 0) is 0 Å². The lowest BCUT2D eigenvalue weighted by molar-refractivity contribution is 0.0697. The summed E-state index contributed by atoms with van der Waals surface area (Å²) in [6, 6.07) is 26.3. The van der Waals surface area contributed by atoms with Gasteiger partial charge in [-0.15, -0.1) is 0 Å². The van der Waals surface area contributed by atoms with Gasteiger partial charge in [0.1, 0.15) is 5.75 Å². The summed E-state index contributed by atoms with van der Waals surface area (Å²) < 4.78 is 7.31. The number of rotatable bonds is 6. The van der Waals surface area contributed by atoms with Crippen LogP contribution in [0.4, 0.5) is 0 Å². The van der Waals surface area contributed by atoms with E-state index in [1.807, 2.05) is 60.1 Å². The highest BCUT2D eigenvalue weighted by Crippen LogP contribution is 2.35. The van der Waals surface area contributed by atoms with Gasteiger partial charge in [0, 0.05) is 21.2 Å². The Morgan fingerprint density at radius 3 is 2.19 bits per heavy atom. The fourth-order valence-corrected chi connectivity index (χ4v) is 4.83. The van der Waals surface area contributed by atoms with E-state index in [9.17, 15) is 9.90 Å². The average Bonchev–Trinajstić information content (AvgIpc) is 3.33. The number of fused-ring (bicyclic) bond motifs is 1. The Morgan fingerprint density at radius 2 is 1.53 bits per heavy atom. The third-order valence-electron chi connectivity index (χ3n) is 6.24. The van der Waals surface area contributed by atoms with E-state index in [2.05, 4.69) is 18.2 Å². The lowest BCUT2D eigenvalue weighted by Crippen LogP contribution is -2.10. The molecular formula is C29H22Cl2N2O3. The Hall–Kier alpha value is -3.80. The normalized spacial score (nSPS) is 12.0. The van der Waals surface area contributed by atoms with E-state index in [1.54, 1.807) is 25.3 Å². The minimum Gasteiger partial charge on any atom is -0.497 e. The van der Waals surface area contributed by atoms with Crippen molar-refractivity contribution in [1.82, 2.24) is 9.78 Å². The summed E-state index contributed by atoms with van der Waals surface area (Å²) in [6.07, 6.45) is 0. The predicted octanol–water partition coefficient (Wildman–Crippen LogP) is 7.99. The molecule has 1 aromatic heterocycles. The number of halogens is 2. The van der Waals surface area contributed by atoms with Crippen LogP contribution in [-0.4, -0.2) is 28.0 Å². The van der Waals surface area contributed by atoms with E-state index < -0.39 is 5.97 Å². The monoisotopic (exact) mass is 516 g/mol. The molecule has 0 saturated heterocycles. The van der Waals surface area contributed by atoms with Gasteiger partial charge in [-0.3, -0.25) is 4.68 Å². The van der Waals surface area contributed by atoms with Crippen molar-refractivity contribution in [2.24, 2.45) is 0 Å². The fraction of sp³-hybridized carbons (Fsp3) is 0.103. The van der Waals surface area contributed by atoms with Crippen molar-refractivity contribution in [1.29, 1.82) is 0 Å². The van der Waals surface area contributed by atoms with Gasteiger partial charge in [0.05, 0.1) is 30.1 Å². The zero-order valence-corrected chi connectivity index (χ0v) is 21.1. The number of methoxy groups -OCH3 is 1. The highest BCUT2D eigenvalue weighted by atomic mass is 35.5. The lowest BCUT2D eigenvalue weighted by atomic mass is 10.0. The summed E-state index contributed by atoms with van der Waals surface area (Å²) >= 11 is 12.6. The van der Waals surface area contributed by atoms with E-state index >= 15 is 0 Å². The lowest BCUT2D eigenvalue weighted by Gasteiger charge is -2.17. The van der Waals surface area contributed by atoms with E-state index in [-0.39, 0.29) is 11.6 Å². The second-order valence-electron chi connectivity index (χ2n) is 8.55. The minimum absolute atomic E-state index is 0.169. The number of hydrogen-bond donors (Lipinski definition) is 1. The van der Waals surface area contributed by atoms with E-state index in [1.165, 1.54) is 0 Å². The number of carbonyl (C=O) groups is 1. The standard InChI is InChI=1S/C29H22Cl2N2O3/c1-17(18-3-5-19(6-4-18)29(34)35)33-28(16-27(32-33)23-12-24(30)15-25(31)13-23)22-8-7-21-14-26(36-2)10-9-20(21)11-22/h3-17H,1-2H3,(H,34,35). The molecule has 0 radical (unpaired) electrons. The topological polar surface area (TPSA) is 64.4 Å². The molecule has 180 valence electrons. The maximum Gasteiger partial charge on any atom is 0.335 e. The summed E-state index contributed by atoms with van der Waals surface area (Å²) in [5.74, 6) is -0.152. The van der Waals surface area contributed by atoms with Crippen molar-refractivity contribution in [3.8, 4) is 28.3 Å². The van der Waals surface area contributed by atoms with Crippen molar-refractivity contribution in [2.75, 3.05) is 7.11 Å². The van der Waals surface area contributed by atoms with Gasteiger partial charge < -0.3 is 9.84 Å². The molecule has 0 aliphatic heterocycles. The number of nitrogens with zero attached hydrogens (tertiary/aromatic N) is 2. The quantitative estimate of drug-likeness (QED) is 0.248. The van der Waals surface area contributed by atoms with Gasteiger partial charge in [0.25, 0.3) is 0 Å². The second kappa shape index (κ2) is 9.69. The van der Waals surface area contributed by atoms with Crippen molar-refractivity contribution in [3.05, 3.63) is 106 Å². The number of carboxylic acids is 1. The predicted molar refractivity (Wildman–Crippen MR) is 144 cm³/mol. The molecule has 0 aliphatic rings. The molecule has 5 aromatic rings. The molecular weight excluding hydrogens is 495 g/mol. The Balaban J connectivity index is 1.65. The summed E-state index contributed by atoms with van der Waals surface area (Å²) in [7, 11) is 1.65. The first-order valence-corrected chi connectivity index (χ1v) is 12.1. The number of aromatic nitrogens is 2. The molecule has 1 unspecified atom stereocenters. The number of hydrogen-bond acceptors (Lipinski definition) is 3. The van der Waals surface area contributed by atoms with E-state index in [4.69, 9.17) is 33.0 Å².